The monoisotopic (exact) mass is 461 g/mol. The third-order valence-electron chi connectivity index (χ3n) is 3.56. The van der Waals surface area contributed by atoms with Crippen molar-refractivity contribution >= 4 is 26.5 Å². The molecule has 29 heavy (non-hydrogen) atoms. The predicted octanol–water partition coefficient (Wildman–Crippen LogP) is -1.57. The Kier molecular flexibility index (Phi) is 7.09. The molecule has 1 saturated heterocycles. The SMILES string of the molecule is O=[N+]([O-])c1ccc(O[C@H]2O[C@H](COS(=O)(=O)O)[C@@H](O)[C@H](OS(=O)(=O)O)[C@@H]2O)cc1. The third-order valence-corrected chi connectivity index (χ3v) is 4.45. The minimum Gasteiger partial charge on any atom is -0.462 e. The fourth-order valence-corrected chi connectivity index (χ4v) is 3.14. The maximum atomic E-state index is 11.0. The van der Waals surface area contributed by atoms with Gasteiger partial charge in [0.25, 0.3) is 5.69 Å². The Bertz CT molecular complexity index is 930. The highest BCUT2D eigenvalue weighted by Gasteiger charge is 2.49. The lowest BCUT2D eigenvalue weighted by atomic mass is 9.99. The van der Waals surface area contributed by atoms with Gasteiger partial charge in [-0.05, 0) is 12.1 Å². The molecule has 0 bridgehead atoms. The van der Waals surface area contributed by atoms with Crippen LogP contribution in [0.15, 0.2) is 24.3 Å². The maximum absolute atomic E-state index is 11.0. The van der Waals surface area contributed by atoms with Gasteiger partial charge in [-0.2, -0.15) is 16.8 Å². The Hall–Kier alpha value is -1.96. The Morgan fingerprint density at radius 2 is 1.62 bits per heavy atom. The lowest BCUT2D eigenvalue weighted by Crippen LogP contribution is -2.61. The molecule has 1 aromatic rings. The first-order chi connectivity index (χ1) is 13.3. The zero-order valence-corrected chi connectivity index (χ0v) is 15.7. The van der Waals surface area contributed by atoms with Crippen LogP contribution in [0.2, 0.25) is 0 Å². The first kappa shape index (κ1) is 23.3. The fraction of sp³-hybridized carbons (Fsp3) is 0.500. The van der Waals surface area contributed by atoms with E-state index in [2.05, 4.69) is 8.37 Å². The van der Waals surface area contributed by atoms with E-state index in [4.69, 9.17) is 18.6 Å². The molecule has 15 nitrogen and oxygen atoms in total. The number of non-ortho nitro benzene ring substituents is 1. The lowest BCUT2D eigenvalue weighted by molar-refractivity contribution is -0.384. The molecule has 1 fully saturated rings. The second kappa shape index (κ2) is 8.81. The lowest BCUT2D eigenvalue weighted by Gasteiger charge is -2.40. The van der Waals surface area contributed by atoms with Crippen LogP contribution in [-0.2, 0) is 33.9 Å². The van der Waals surface area contributed by atoms with Crippen LogP contribution in [0, 0.1) is 10.1 Å². The highest BCUT2D eigenvalue weighted by molar-refractivity contribution is 7.81. The molecule has 0 radical (unpaired) electrons. The van der Waals surface area contributed by atoms with E-state index >= 15 is 0 Å². The van der Waals surface area contributed by atoms with Gasteiger partial charge in [0.15, 0.2) is 0 Å². The molecule has 4 N–H and O–H groups in total. The van der Waals surface area contributed by atoms with E-state index in [-0.39, 0.29) is 11.4 Å². The van der Waals surface area contributed by atoms with Gasteiger partial charge >= 0.3 is 20.8 Å². The van der Waals surface area contributed by atoms with Gasteiger partial charge in [0.2, 0.25) is 6.29 Å². The summed E-state index contributed by atoms with van der Waals surface area (Å²) in [6.07, 6.45) is -9.69. The normalized spacial score (nSPS) is 28.1. The highest BCUT2D eigenvalue weighted by Crippen LogP contribution is 2.28. The van der Waals surface area contributed by atoms with Crippen LogP contribution in [-0.4, -0.2) is 78.4 Å². The summed E-state index contributed by atoms with van der Waals surface area (Å²) in [6.45, 7) is -1.04. The molecule has 0 saturated carbocycles. The van der Waals surface area contributed by atoms with Gasteiger partial charge in [0.1, 0.15) is 30.2 Å². The third kappa shape index (κ3) is 6.80. The van der Waals surface area contributed by atoms with Crippen molar-refractivity contribution < 1.29 is 58.9 Å². The largest absolute Gasteiger partial charge is 0.462 e. The number of hydrogen-bond donors (Lipinski definition) is 4. The minimum atomic E-state index is -5.18. The first-order valence-corrected chi connectivity index (χ1v) is 10.2. The first-order valence-electron chi connectivity index (χ1n) is 7.47. The van der Waals surface area contributed by atoms with E-state index in [1.807, 2.05) is 0 Å². The van der Waals surface area contributed by atoms with E-state index in [9.17, 15) is 37.2 Å². The molecule has 1 aromatic carbocycles. The van der Waals surface area contributed by atoms with E-state index in [0.717, 1.165) is 24.3 Å². The van der Waals surface area contributed by atoms with Crippen molar-refractivity contribution in [2.75, 3.05) is 6.61 Å². The average molecular weight is 461 g/mol. The van der Waals surface area contributed by atoms with Crippen molar-refractivity contribution in [3.63, 3.8) is 0 Å². The van der Waals surface area contributed by atoms with Crippen LogP contribution in [0.4, 0.5) is 5.69 Å². The average Bonchev–Trinajstić information content (AvgIpc) is 2.59. The number of aliphatic hydroxyl groups excluding tert-OH is 2. The molecule has 2 rings (SSSR count). The van der Waals surface area contributed by atoms with Gasteiger partial charge < -0.3 is 19.7 Å². The number of rotatable bonds is 8. The molecule has 0 spiro atoms. The summed E-state index contributed by atoms with van der Waals surface area (Å²) >= 11 is 0. The molecule has 0 amide bonds. The smallest absolute Gasteiger partial charge is 0.397 e. The molecule has 164 valence electrons. The van der Waals surface area contributed by atoms with Crippen LogP contribution in [0.5, 0.6) is 5.75 Å². The van der Waals surface area contributed by atoms with Gasteiger partial charge in [-0.25, -0.2) is 8.37 Å². The summed E-state index contributed by atoms with van der Waals surface area (Å²) in [6, 6.07) is 4.32. The van der Waals surface area contributed by atoms with Gasteiger partial charge in [0, 0.05) is 12.1 Å². The van der Waals surface area contributed by atoms with Crippen molar-refractivity contribution in [3.8, 4) is 5.75 Å². The van der Waals surface area contributed by atoms with Crippen LogP contribution >= 0.6 is 0 Å². The van der Waals surface area contributed by atoms with Gasteiger partial charge in [-0.1, -0.05) is 0 Å². The van der Waals surface area contributed by atoms with Crippen molar-refractivity contribution in [2.24, 2.45) is 0 Å². The van der Waals surface area contributed by atoms with E-state index in [0.29, 0.717) is 0 Å². The molecule has 0 unspecified atom stereocenters. The van der Waals surface area contributed by atoms with E-state index < -0.39 is 63.0 Å². The quantitative estimate of drug-likeness (QED) is 0.195. The van der Waals surface area contributed by atoms with E-state index in [1.165, 1.54) is 0 Å². The second-order valence-corrected chi connectivity index (χ2v) is 7.73. The van der Waals surface area contributed by atoms with Crippen LogP contribution in [0.3, 0.4) is 0 Å². The molecule has 17 heteroatoms. The summed E-state index contributed by atoms with van der Waals surface area (Å²) in [5.41, 5.74) is -0.287. The second-order valence-electron chi connectivity index (χ2n) is 5.59. The summed E-state index contributed by atoms with van der Waals surface area (Å²) in [7, 11) is -10.2. The standard InChI is InChI=1S/C12H15NO14S2/c14-9-8(5-24-28(18,19)20)26-12(10(15)11(9)27-29(21,22)23)25-7-3-1-6(2-4-7)13(16)17/h1-4,8-12,14-15H,5H2,(H,18,19,20)(H,21,22,23)/t8-,9-,10+,11+,12+/m1/s1. The van der Waals surface area contributed by atoms with Gasteiger partial charge in [0.05, 0.1) is 11.5 Å². The zero-order valence-electron chi connectivity index (χ0n) is 14.0. The number of aliphatic hydroxyl groups is 2. The summed E-state index contributed by atoms with van der Waals surface area (Å²) in [4.78, 5) is 9.96. The highest BCUT2D eigenvalue weighted by atomic mass is 32.3. The molecule has 0 aliphatic carbocycles. The van der Waals surface area contributed by atoms with Crippen LogP contribution < -0.4 is 4.74 Å². The number of nitro benzene ring substituents is 1. The fourth-order valence-electron chi connectivity index (χ4n) is 2.32. The topological polar surface area (TPSA) is 229 Å². The number of nitro groups is 1. The minimum absolute atomic E-state index is 0.101. The summed E-state index contributed by atoms with van der Waals surface area (Å²) < 4.78 is 79.4. The summed E-state index contributed by atoms with van der Waals surface area (Å²) in [5.74, 6) is -0.101. The number of benzene rings is 1. The maximum Gasteiger partial charge on any atom is 0.397 e. The van der Waals surface area contributed by atoms with Crippen LogP contribution in [0.1, 0.15) is 0 Å². The molecule has 1 aliphatic rings. The Morgan fingerprint density at radius 3 is 2.10 bits per heavy atom. The molecule has 1 aliphatic heterocycles. The van der Waals surface area contributed by atoms with Crippen molar-refractivity contribution in [3.05, 3.63) is 34.4 Å². The van der Waals surface area contributed by atoms with Gasteiger partial charge in [-0.3, -0.25) is 19.2 Å². The molecular formula is C12H15NO14S2. The van der Waals surface area contributed by atoms with Crippen molar-refractivity contribution in [2.45, 2.75) is 30.7 Å². The Morgan fingerprint density at radius 1 is 1.03 bits per heavy atom. The molecule has 1 heterocycles. The molecule has 5 atom stereocenters. The molecular weight excluding hydrogens is 446 g/mol. The van der Waals surface area contributed by atoms with Crippen LogP contribution in [0.25, 0.3) is 0 Å². The van der Waals surface area contributed by atoms with Crippen molar-refractivity contribution in [1.82, 2.24) is 0 Å². The Labute approximate surface area is 163 Å². The number of hydrogen-bond acceptors (Lipinski definition) is 12. The number of nitrogens with zero attached hydrogens (tertiary/aromatic N) is 1. The zero-order chi connectivity index (χ0) is 22.0. The van der Waals surface area contributed by atoms with E-state index in [1.54, 1.807) is 0 Å². The Balaban J connectivity index is 2.24. The predicted molar refractivity (Wildman–Crippen MR) is 88.3 cm³/mol. The van der Waals surface area contributed by atoms with Crippen molar-refractivity contribution in [1.29, 1.82) is 0 Å². The molecule has 0 aromatic heterocycles. The summed E-state index contributed by atoms with van der Waals surface area (Å²) in [5, 5.41) is 30.9. The number of ether oxygens (including phenoxy) is 2. The van der Waals surface area contributed by atoms with Gasteiger partial charge in [-0.15, -0.1) is 0 Å².